The molecule has 0 N–H and O–H groups in total. The van der Waals surface area contributed by atoms with Crippen LogP contribution in [0.15, 0.2) is 79.3 Å². The molecule has 4 heteroatoms. The van der Waals surface area contributed by atoms with Crippen molar-refractivity contribution in [1.82, 2.24) is 14.9 Å². The summed E-state index contributed by atoms with van der Waals surface area (Å²) in [6, 6.07) is 20.2. The van der Waals surface area contributed by atoms with Crippen LogP contribution in [-0.4, -0.2) is 27.3 Å². The fraction of sp³-hybridized carbons (Fsp3) is 0.150. The van der Waals surface area contributed by atoms with Crippen molar-refractivity contribution in [3.05, 3.63) is 96.1 Å². The summed E-state index contributed by atoms with van der Waals surface area (Å²) in [6.07, 6.45) is 5.44. The van der Waals surface area contributed by atoms with Gasteiger partial charge >= 0.3 is 0 Å². The maximum absolute atomic E-state index is 12.8. The Bertz CT molecular complexity index is 761. The van der Waals surface area contributed by atoms with Gasteiger partial charge in [-0.25, -0.2) is 4.98 Å². The molecule has 3 rings (SSSR count). The Labute approximate surface area is 141 Å². The zero-order chi connectivity index (χ0) is 16.6. The summed E-state index contributed by atoms with van der Waals surface area (Å²) in [5.74, 6) is -0.0946. The quantitative estimate of drug-likeness (QED) is 0.700. The molecule has 1 heterocycles. The standard InChI is InChI=1S/C20H19N3O/c24-20(19-15-21-12-13-22-19)23(16-18-9-5-2-6-10-18)14-11-17-7-3-1-4-8-17/h1-10,12-13,15H,11,14,16H2. The second-order valence-electron chi connectivity index (χ2n) is 5.54. The number of carbonyl (C=O) groups is 1. The van der Waals surface area contributed by atoms with E-state index in [4.69, 9.17) is 0 Å². The van der Waals surface area contributed by atoms with Crippen LogP contribution in [0, 0.1) is 0 Å². The SMILES string of the molecule is O=C(c1cnccn1)N(CCc1ccccc1)Cc1ccccc1. The fourth-order valence-electron chi connectivity index (χ4n) is 2.54. The number of hydrogen-bond donors (Lipinski definition) is 0. The van der Waals surface area contributed by atoms with Gasteiger partial charge in [0, 0.05) is 25.5 Å². The third-order valence-corrected chi connectivity index (χ3v) is 3.80. The van der Waals surface area contributed by atoms with Gasteiger partial charge in [-0.2, -0.15) is 0 Å². The summed E-state index contributed by atoms with van der Waals surface area (Å²) in [5, 5.41) is 0. The van der Waals surface area contributed by atoms with Gasteiger partial charge in [0.15, 0.2) is 0 Å². The van der Waals surface area contributed by atoms with Crippen molar-refractivity contribution in [2.24, 2.45) is 0 Å². The zero-order valence-corrected chi connectivity index (χ0v) is 13.4. The molecule has 0 unspecified atom stereocenters. The highest BCUT2D eigenvalue weighted by Gasteiger charge is 2.17. The van der Waals surface area contributed by atoms with E-state index in [0.29, 0.717) is 18.8 Å². The second kappa shape index (κ2) is 8.02. The highest BCUT2D eigenvalue weighted by atomic mass is 16.2. The molecule has 0 saturated heterocycles. The molecular formula is C20H19N3O. The van der Waals surface area contributed by atoms with Crippen LogP contribution in [0.2, 0.25) is 0 Å². The van der Waals surface area contributed by atoms with E-state index < -0.39 is 0 Å². The van der Waals surface area contributed by atoms with E-state index >= 15 is 0 Å². The maximum atomic E-state index is 12.8. The van der Waals surface area contributed by atoms with Gasteiger partial charge in [0.1, 0.15) is 5.69 Å². The van der Waals surface area contributed by atoms with Gasteiger partial charge in [0.05, 0.1) is 6.20 Å². The molecule has 0 saturated carbocycles. The second-order valence-corrected chi connectivity index (χ2v) is 5.54. The van der Waals surface area contributed by atoms with Gasteiger partial charge < -0.3 is 4.90 Å². The summed E-state index contributed by atoms with van der Waals surface area (Å²) in [7, 11) is 0. The summed E-state index contributed by atoms with van der Waals surface area (Å²) in [5.41, 5.74) is 2.69. The van der Waals surface area contributed by atoms with Crippen LogP contribution in [0.5, 0.6) is 0 Å². The largest absolute Gasteiger partial charge is 0.333 e. The van der Waals surface area contributed by atoms with Gasteiger partial charge in [-0.1, -0.05) is 60.7 Å². The van der Waals surface area contributed by atoms with Crippen LogP contribution in [0.1, 0.15) is 21.6 Å². The molecule has 0 aliphatic rings. The summed E-state index contributed by atoms with van der Waals surface area (Å²) in [4.78, 5) is 22.8. The Kier molecular flexibility index (Phi) is 5.30. The van der Waals surface area contributed by atoms with E-state index in [1.54, 1.807) is 12.4 Å². The first-order chi connectivity index (χ1) is 11.8. The van der Waals surface area contributed by atoms with Crippen molar-refractivity contribution in [1.29, 1.82) is 0 Å². The minimum Gasteiger partial charge on any atom is -0.333 e. The van der Waals surface area contributed by atoms with Crippen molar-refractivity contribution in [3.8, 4) is 0 Å². The average molecular weight is 317 g/mol. The van der Waals surface area contributed by atoms with Crippen LogP contribution in [0.3, 0.4) is 0 Å². The summed E-state index contributed by atoms with van der Waals surface area (Å²) < 4.78 is 0. The first-order valence-corrected chi connectivity index (χ1v) is 7.96. The third kappa shape index (κ3) is 4.26. The van der Waals surface area contributed by atoms with E-state index in [9.17, 15) is 4.79 Å². The van der Waals surface area contributed by atoms with E-state index in [1.807, 2.05) is 53.4 Å². The number of aromatic nitrogens is 2. The Morgan fingerprint density at radius 2 is 1.54 bits per heavy atom. The molecule has 1 aromatic heterocycles. The molecule has 0 aliphatic carbocycles. The molecule has 0 radical (unpaired) electrons. The number of carbonyl (C=O) groups excluding carboxylic acids is 1. The van der Waals surface area contributed by atoms with Gasteiger partial charge in [-0.05, 0) is 17.5 Å². The minimum absolute atomic E-state index is 0.0946. The highest BCUT2D eigenvalue weighted by molar-refractivity contribution is 5.91. The molecule has 0 spiro atoms. The molecule has 3 aromatic rings. The number of benzene rings is 2. The van der Waals surface area contributed by atoms with E-state index in [0.717, 1.165) is 12.0 Å². The van der Waals surface area contributed by atoms with Crippen molar-refractivity contribution < 1.29 is 4.79 Å². The number of rotatable bonds is 6. The maximum Gasteiger partial charge on any atom is 0.274 e. The average Bonchev–Trinajstić information content (AvgIpc) is 2.67. The lowest BCUT2D eigenvalue weighted by atomic mass is 10.1. The smallest absolute Gasteiger partial charge is 0.274 e. The molecule has 0 bridgehead atoms. The van der Waals surface area contributed by atoms with Crippen LogP contribution in [0.4, 0.5) is 0 Å². The Morgan fingerprint density at radius 1 is 0.875 bits per heavy atom. The number of nitrogens with zero attached hydrogens (tertiary/aromatic N) is 3. The highest BCUT2D eigenvalue weighted by Crippen LogP contribution is 2.10. The Morgan fingerprint density at radius 3 is 2.17 bits per heavy atom. The van der Waals surface area contributed by atoms with Crippen molar-refractivity contribution >= 4 is 5.91 Å². The summed E-state index contributed by atoms with van der Waals surface area (Å²) in [6.45, 7) is 1.19. The normalized spacial score (nSPS) is 10.3. The van der Waals surface area contributed by atoms with Crippen LogP contribution in [0.25, 0.3) is 0 Å². The molecular weight excluding hydrogens is 298 g/mol. The molecule has 2 aromatic carbocycles. The van der Waals surface area contributed by atoms with Gasteiger partial charge in [-0.15, -0.1) is 0 Å². The number of amides is 1. The van der Waals surface area contributed by atoms with Crippen LogP contribution >= 0.6 is 0 Å². The lowest BCUT2D eigenvalue weighted by molar-refractivity contribution is 0.0738. The molecule has 4 nitrogen and oxygen atoms in total. The van der Waals surface area contributed by atoms with E-state index in [2.05, 4.69) is 22.1 Å². The minimum atomic E-state index is -0.0946. The fourth-order valence-corrected chi connectivity index (χ4v) is 2.54. The molecule has 1 amide bonds. The van der Waals surface area contributed by atoms with E-state index in [1.165, 1.54) is 11.8 Å². The van der Waals surface area contributed by atoms with Gasteiger partial charge in [0.25, 0.3) is 5.91 Å². The lowest BCUT2D eigenvalue weighted by Gasteiger charge is -2.22. The van der Waals surface area contributed by atoms with E-state index in [-0.39, 0.29) is 5.91 Å². The Balaban J connectivity index is 1.76. The molecule has 120 valence electrons. The predicted octanol–water partition coefficient (Wildman–Crippen LogP) is 3.36. The van der Waals surface area contributed by atoms with Crippen molar-refractivity contribution in [3.63, 3.8) is 0 Å². The molecule has 0 fully saturated rings. The third-order valence-electron chi connectivity index (χ3n) is 3.80. The van der Waals surface area contributed by atoms with Crippen molar-refractivity contribution in [2.45, 2.75) is 13.0 Å². The molecule has 0 atom stereocenters. The Hall–Kier alpha value is -3.01. The zero-order valence-electron chi connectivity index (χ0n) is 13.4. The number of hydrogen-bond acceptors (Lipinski definition) is 3. The molecule has 0 aliphatic heterocycles. The first kappa shape index (κ1) is 15.9. The van der Waals surface area contributed by atoms with Crippen LogP contribution < -0.4 is 0 Å². The topological polar surface area (TPSA) is 46.1 Å². The monoisotopic (exact) mass is 317 g/mol. The lowest BCUT2D eigenvalue weighted by Crippen LogP contribution is -2.33. The molecule has 24 heavy (non-hydrogen) atoms. The van der Waals surface area contributed by atoms with Crippen molar-refractivity contribution in [2.75, 3.05) is 6.54 Å². The predicted molar refractivity (Wildman–Crippen MR) is 93.4 cm³/mol. The van der Waals surface area contributed by atoms with Gasteiger partial charge in [0.2, 0.25) is 0 Å². The van der Waals surface area contributed by atoms with Gasteiger partial charge in [-0.3, -0.25) is 9.78 Å². The van der Waals surface area contributed by atoms with Crippen LogP contribution in [-0.2, 0) is 13.0 Å². The summed E-state index contributed by atoms with van der Waals surface area (Å²) >= 11 is 0. The first-order valence-electron chi connectivity index (χ1n) is 7.96.